The zero-order valence-electron chi connectivity index (χ0n) is 12.3. The summed E-state index contributed by atoms with van der Waals surface area (Å²) >= 11 is 1.77. The number of amides is 1. The lowest BCUT2D eigenvalue weighted by atomic mass is 10.1. The van der Waals surface area contributed by atoms with Crippen LogP contribution in [0.1, 0.15) is 47.1 Å². The van der Waals surface area contributed by atoms with E-state index in [1.807, 2.05) is 0 Å². The number of aromatic carboxylic acids is 1. The number of rotatable bonds is 5. The van der Waals surface area contributed by atoms with Crippen LogP contribution in [0, 0.1) is 6.92 Å². The first-order valence-electron chi connectivity index (χ1n) is 6.46. The van der Waals surface area contributed by atoms with E-state index in [0.29, 0.717) is 12.1 Å². The minimum absolute atomic E-state index is 0.138. The molecule has 0 heterocycles. The molecule has 1 aromatic rings. The number of benzene rings is 1. The Morgan fingerprint density at radius 2 is 1.80 bits per heavy atom. The monoisotopic (exact) mass is 295 g/mol. The van der Waals surface area contributed by atoms with Crippen LogP contribution in [0.5, 0.6) is 0 Å². The molecule has 2 N–H and O–H groups in total. The molecule has 0 bridgehead atoms. The highest BCUT2D eigenvalue weighted by molar-refractivity contribution is 8.00. The van der Waals surface area contributed by atoms with Gasteiger partial charge in [-0.25, -0.2) is 4.79 Å². The van der Waals surface area contributed by atoms with Gasteiger partial charge in [-0.15, -0.1) is 0 Å². The molecule has 0 aliphatic heterocycles. The molecule has 0 saturated carbocycles. The second kappa shape index (κ2) is 6.79. The molecule has 0 spiro atoms. The van der Waals surface area contributed by atoms with Crippen LogP contribution >= 0.6 is 11.8 Å². The Labute approximate surface area is 124 Å². The molecule has 4 nitrogen and oxygen atoms in total. The second-order valence-corrected chi connectivity index (χ2v) is 7.53. The number of nitrogens with one attached hydrogen (secondary N) is 1. The van der Waals surface area contributed by atoms with Gasteiger partial charge < -0.3 is 10.4 Å². The molecule has 0 aliphatic rings. The molecule has 0 aliphatic carbocycles. The zero-order valence-corrected chi connectivity index (χ0v) is 13.1. The van der Waals surface area contributed by atoms with E-state index >= 15 is 0 Å². The Hall–Kier alpha value is -1.49. The van der Waals surface area contributed by atoms with Crippen molar-refractivity contribution in [2.24, 2.45) is 0 Å². The third kappa shape index (κ3) is 5.65. The molecule has 0 unspecified atom stereocenters. The Balaban J connectivity index is 2.62. The highest BCUT2D eigenvalue weighted by atomic mass is 32.2. The summed E-state index contributed by atoms with van der Waals surface area (Å²) in [5.74, 6) is -0.427. The van der Waals surface area contributed by atoms with Gasteiger partial charge in [-0.05, 0) is 30.7 Å². The number of carboxylic acids is 1. The highest BCUT2D eigenvalue weighted by Crippen LogP contribution is 2.22. The maximum atomic E-state index is 12.0. The molecule has 1 aromatic carbocycles. The number of thioether (sulfide) groups is 1. The summed E-state index contributed by atoms with van der Waals surface area (Å²) in [6.07, 6.45) is 0. The summed E-state index contributed by atoms with van der Waals surface area (Å²) in [6, 6.07) is 4.65. The lowest BCUT2D eigenvalue weighted by Gasteiger charge is -2.17. The van der Waals surface area contributed by atoms with Crippen molar-refractivity contribution in [2.75, 3.05) is 12.3 Å². The Bertz CT molecular complexity index is 506. The minimum atomic E-state index is -1.02. The molecule has 1 rings (SSSR count). The van der Waals surface area contributed by atoms with Crippen LogP contribution in [0.15, 0.2) is 18.2 Å². The normalized spacial score (nSPS) is 11.2. The van der Waals surface area contributed by atoms with Crippen LogP contribution in [0.3, 0.4) is 0 Å². The van der Waals surface area contributed by atoms with Crippen LogP contribution in [-0.4, -0.2) is 34.0 Å². The van der Waals surface area contributed by atoms with Crippen molar-refractivity contribution in [3.63, 3.8) is 0 Å². The summed E-state index contributed by atoms with van der Waals surface area (Å²) in [5, 5.41) is 11.8. The van der Waals surface area contributed by atoms with Gasteiger partial charge in [0.05, 0.1) is 5.56 Å². The van der Waals surface area contributed by atoms with Crippen LogP contribution in [0.2, 0.25) is 0 Å². The van der Waals surface area contributed by atoms with Crippen molar-refractivity contribution in [3.05, 3.63) is 34.9 Å². The largest absolute Gasteiger partial charge is 0.478 e. The van der Waals surface area contributed by atoms with Crippen molar-refractivity contribution < 1.29 is 14.7 Å². The maximum Gasteiger partial charge on any atom is 0.335 e. The standard InChI is InChI=1S/C15H21NO3S/c1-10-7-11(9-12(8-10)14(18)19)13(17)16-5-6-20-15(2,3)4/h7-9H,5-6H2,1-4H3,(H,16,17)(H,18,19). The van der Waals surface area contributed by atoms with Crippen LogP contribution in [0.4, 0.5) is 0 Å². The van der Waals surface area contributed by atoms with E-state index in [2.05, 4.69) is 26.1 Å². The first kappa shape index (κ1) is 16.6. The van der Waals surface area contributed by atoms with Gasteiger partial charge in [0.25, 0.3) is 5.91 Å². The van der Waals surface area contributed by atoms with Crippen LogP contribution in [0.25, 0.3) is 0 Å². The summed E-state index contributed by atoms with van der Waals surface area (Å²) in [4.78, 5) is 22.9. The fourth-order valence-corrected chi connectivity index (χ4v) is 2.48. The Morgan fingerprint density at radius 3 is 2.35 bits per heavy atom. The zero-order chi connectivity index (χ0) is 15.3. The first-order chi connectivity index (χ1) is 9.19. The number of aryl methyl sites for hydroxylation is 1. The smallest absolute Gasteiger partial charge is 0.335 e. The topological polar surface area (TPSA) is 66.4 Å². The van der Waals surface area contributed by atoms with E-state index in [1.165, 1.54) is 6.07 Å². The predicted molar refractivity (Wildman–Crippen MR) is 82.7 cm³/mol. The summed E-state index contributed by atoms with van der Waals surface area (Å²) < 4.78 is 0.171. The number of carboxylic acid groups (broad SMARTS) is 1. The Kier molecular flexibility index (Phi) is 5.62. The van der Waals surface area contributed by atoms with Gasteiger partial charge in [0.1, 0.15) is 0 Å². The van der Waals surface area contributed by atoms with Gasteiger partial charge in [-0.1, -0.05) is 20.8 Å². The van der Waals surface area contributed by atoms with Gasteiger partial charge in [0.15, 0.2) is 0 Å². The van der Waals surface area contributed by atoms with Crippen LogP contribution in [-0.2, 0) is 0 Å². The number of carbonyl (C=O) groups is 2. The summed E-state index contributed by atoms with van der Waals surface area (Å²) in [7, 11) is 0. The lowest BCUT2D eigenvalue weighted by Crippen LogP contribution is -2.27. The average Bonchev–Trinajstić information content (AvgIpc) is 2.32. The Morgan fingerprint density at radius 1 is 1.20 bits per heavy atom. The molecule has 5 heteroatoms. The highest BCUT2D eigenvalue weighted by Gasteiger charge is 2.12. The molecule has 110 valence electrons. The van der Waals surface area contributed by atoms with Crippen molar-refractivity contribution in [1.29, 1.82) is 0 Å². The predicted octanol–water partition coefficient (Wildman–Crippen LogP) is 2.95. The van der Waals surface area contributed by atoms with Gasteiger partial charge in [-0.3, -0.25) is 4.79 Å². The third-order valence-corrected chi connectivity index (χ3v) is 3.78. The van der Waals surface area contributed by atoms with E-state index in [9.17, 15) is 9.59 Å². The van der Waals surface area contributed by atoms with Gasteiger partial charge in [-0.2, -0.15) is 11.8 Å². The molecule has 0 aromatic heterocycles. The molecule has 0 radical (unpaired) electrons. The first-order valence-corrected chi connectivity index (χ1v) is 7.45. The number of hydrogen-bond acceptors (Lipinski definition) is 3. The molecule has 20 heavy (non-hydrogen) atoms. The molecular formula is C15H21NO3S. The van der Waals surface area contributed by atoms with Gasteiger partial charge >= 0.3 is 5.97 Å². The average molecular weight is 295 g/mol. The van der Waals surface area contributed by atoms with E-state index < -0.39 is 5.97 Å². The third-order valence-electron chi connectivity index (χ3n) is 2.51. The molecule has 0 atom stereocenters. The maximum absolute atomic E-state index is 12.0. The molecule has 1 amide bonds. The minimum Gasteiger partial charge on any atom is -0.478 e. The second-order valence-electron chi connectivity index (χ2n) is 5.61. The fourth-order valence-electron chi connectivity index (χ4n) is 1.66. The van der Waals surface area contributed by atoms with Crippen molar-refractivity contribution in [2.45, 2.75) is 32.4 Å². The van der Waals surface area contributed by atoms with Gasteiger partial charge in [0, 0.05) is 22.6 Å². The van der Waals surface area contributed by atoms with Crippen molar-refractivity contribution >= 4 is 23.6 Å². The fraction of sp³-hybridized carbons (Fsp3) is 0.467. The van der Waals surface area contributed by atoms with Crippen molar-refractivity contribution in [3.8, 4) is 0 Å². The van der Waals surface area contributed by atoms with Gasteiger partial charge in [0.2, 0.25) is 0 Å². The molecule has 0 saturated heterocycles. The summed E-state index contributed by atoms with van der Waals surface area (Å²) in [5.41, 5.74) is 1.29. The number of carbonyl (C=O) groups excluding carboxylic acids is 1. The number of hydrogen-bond donors (Lipinski definition) is 2. The summed E-state index contributed by atoms with van der Waals surface area (Å²) in [6.45, 7) is 8.72. The van der Waals surface area contributed by atoms with E-state index in [1.54, 1.807) is 30.8 Å². The van der Waals surface area contributed by atoms with E-state index in [4.69, 9.17) is 5.11 Å². The van der Waals surface area contributed by atoms with E-state index in [0.717, 1.165) is 11.3 Å². The van der Waals surface area contributed by atoms with E-state index in [-0.39, 0.29) is 16.2 Å². The van der Waals surface area contributed by atoms with Crippen LogP contribution < -0.4 is 5.32 Å². The molecular weight excluding hydrogens is 274 g/mol. The molecule has 0 fully saturated rings. The van der Waals surface area contributed by atoms with Crippen molar-refractivity contribution in [1.82, 2.24) is 5.32 Å². The lowest BCUT2D eigenvalue weighted by molar-refractivity contribution is 0.0696. The quantitative estimate of drug-likeness (QED) is 0.820. The SMILES string of the molecule is Cc1cc(C(=O)O)cc(C(=O)NCCSC(C)(C)C)c1.